The van der Waals surface area contributed by atoms with Gasteiger partial charge in [0.25, 0.3) is 5.91 Å². The van der Waals surface area contributed by atoms with Crippen LogP contribution in [0.15, 0.2) is 12.3 Å². The maximum atomic E-state index is 13.6. The van der Waals surface area contributed by atoms with E-state index in [1.165, 1.54) is 6.42 Å². The molecule has 3 N–H and O–H groups in total. The Morgan fingerprint density at radius 1 is 1.29 bits per heavy atom. The van der Waals surface area contributed by atoms with Gasteiger partial charge in [-0.3, -0.25) is 9.59 Å². The minimum Gasteiger partial charge on any atom is -0.396 e. The lowest BCUT2D eigenvalue weighted by atomic mass is 9.53. The van der Waals surface area contributed by atoms with E-state index in [-0.39, 0.29) is 29.9 Å². The molecule has 9 heteroatoms. The number of rotatable bonds is 7. The Bertz CT molecular complexity index is 998. The van der Waals surface area contributed by atoms with E-state index in [1.54, 1.807) is 24.1 Å². The van der Waals surface area contributed by atoms with E-state index < -0.39 is 5.41 Å². The predicted octanol–water partition coefficient (Wildman–Crippen LogP) is 1.88. The van der Waals surface area contributed by atoms with Crippen molar-refractivity contribution in [1.82, 2.24) is 20.4 Å². The quantitative estimate of drug-likeness (QED) is 0.544. The van der Waals surface area contributed by atoms with Crippen LogP contribution in [0, 0.1) is 28.6 Å². The fourth-order valence-electron chi connectivity index (χ4n) is 7.05. The summed E-state index contributed by atoms with van der Waals surface area (Å²) < 4.78 is 7.25. The second-order valence-electron chi connectivity index (χ2n) is 11.5. The van der Waals surface area contributed by atoms with Crippen LogP contribution < -0.4 is 15.5 Å². The molecule has 5 atom stereocenters. The Kier molecular flexibility index (Phi) is 6.42. The minimum atomic E-state index is -0.714. The van der Waals surface area contributed by atoms with Crippen LogP contribution in [0.2, 0.25) is 0 Å². The van der Waals surface area contributed by atoms with E-state index in [0.717, 1.165) is 31.5 Å². The second-order valence-corrected chi connectivity index (χ2v) is 11.5. The van der Waals surface area contributed by atoms with Crippen molar-refractivity contribution >= 4 is 23.8 Å². The van der Waals surface area contributed by atoms with Crippen molar-refractivity contribution in [2.45, 2.75) is 52.0 Å². The monoisotopic (exact) mass is 485 g/mol. The number of fused-ring (bicyclic) bond motifs is 1. The number of anilines is 1. The van der Waals surface area contributed by atoms with E-state index in [4.69, 9.17) is 4.74 Å². The normalized spacial score (nSPS) is 32.3. The van der Waals surface area contributed by atoms with Crippen LogP contribution >= 0.6 is 0 Å². The fourth-order valence-corrected chi connectivity index (χ4v) is 7.05. The Morgan fingerprint density at radius 2 is 2.06 bits per heavy atom. The smallest absolute Gasteiger partial charge is 0.256 e. The number of carbonyl (C=O) groups excluding carboxylic acids is 2. The van der Waals surface area contributed by atoms with Gasteiger partial charge < -0.3 is 25.4 Å². The largest absolute Gasteiger partial charge is 0.396 e. The zero-order valence-corrected chi connectivity index (χ0v) is 21.1. The molecule has 9 nitrogen and oxygen atoms in total. The number of hydrogen-bond donors (Lipinski definition) is 3. The number of aliphatic hydroxyl groups excluding tert-OH is 1. The van der Waals surface area contributed by atoms with Gasteiger partial charge in [0.2, 0.25) is 5.91 Å². The summed E-state index contributed by atoms with van der Waals surface area (Å²) in [6.07, 6.45) is 10.7. The van der Waals surface area contributed by atoms with E-state index in [9.17, 15) is 14.7 Å². The van der Waals surface area contributed by atoms with Crippen molar-refractivity contribution < 1.29 is 19.4 Å². The summed E-state index contributed by atoms with van der Waals surface area (Å²) in [6, 6.07) is 0.140. The van der Waals surface area contributed by atoms with Crippen LogP contribution in [-0.4, -0.2) is 72.7 Å². The molecule has 0 radical (unpaired) electrons. The molecule has 1 aromatic heterocycles. The van der Waals surface area contributed by atoms with Crippen molar-refractivity contribution in [3.8, 4) is 0 Å². The topological polar surface area (TPSA) is 109 Å². The van der Waals surface area contributed by atoms with Crippen LogP contribution in [0.5, 0.6) is 0 Å². The summed E-state index contributed by atoms with van der Waals surface area (Å²) in [7, 11) is 1.62. The third-order valence-electron chi connectivity index (χ3n) is 9.03. The molecule has 1 aromatic rings. The molecule has 0 spiro atoms. The number of aliphatic hydroxyl groups is 1. The van der Waals surface area contributed by atoms with Gasteiger partial charge in [-0.15, -0.1) is 0 Å². The molecule has 1 aliphatic heterocycles. The van der Waals surface area contributed by atoms with Gasteiger partial charge in [0.05, 0.1) is 24.8 Å². The summed E-state index contributed by atoms with van der Waals surface area (Å²) in [5.41, 5.74) is -0.0594. The number of ether oxygens (including phenoxy) is 1. The van der Waals surface area contributed by atoms with Crippen LogP contribution in [0.4, 0.5) is 5.82 Å². The molecular weight excluding hydrogens is 446 g/mol. The van der Waals surface area contributed by atoms with E-state index >= 15 is 0 Å². The Morgan fingerprint density at radius 3 is 2.77 bits per heavy atom. The third kappa shape index (κ3) is 4.27. The average molecular weight is 486 g/mol. The lowest BCUT2D eigenvalue weighted by Crippen LogP contribution is -2.56. The van der Waals surface area contributed by atoms with Gasteiger partial charge in [-0.25, -0.2) is 4.68 Å². The second kappa shape index (κ2) is 9.24. The van der Waals surface area contributed by atoms with Crippen molar-refractivity contribution in [1.29, 1.82) is 0 Å². The highest BCUT2D eigenvalue weighted by Gasteiger charge is 2.61. The van der Waals surface area contributed by atoms with Gasteiger partial charge >= 0.3 is 0 Å². The third-order valence-corrected chi connectivity index (χ3v) is 9.03. The minimum absolute atomic E-state index is 0.0890. The molecule has 3 saturated carbocycles. The number of nitrogens with zero attached hydrogens (tertiary/aromatic N) is 3. The molecular formula is C26H39N5O4. The van der Waals surface area contributed by atoms with Gasteiger partial charge in [0, 0.05) is 39.0 Å². The predicted molar refractivity (Wildman–Crippen MR) is 133 cm³/mol. The van der Waals surface area contributed by atoms with Crippen molar-refractivity contribution in [2.24, 2.45) is 28.6 Å². The van der Waals surface area contributed by atoms with Crippen molar-refractivity contribution in [3.63, 3.8) is 0 Å². The molecule has 2 amide bonds. The molecule has 3 aliphatic carbocycles. The summed E-state index contributed by atoms with van der Waals surface area (Å²) in [5.74, 6) is 2.22. The van der Waals surface area contributed by atoms with Crippen LogP contribution in [0.25, 0.3) is 6.20 Å². The molecule has 2 bridgehead atoms. The highest BCUT2D eigenvalue weighted by Crippen LogP contribution is 2.66. The van der Waals surface area contributed by atoms with Gasteiger partial charge in [0.15, 0.2) is 0 Å². The zero-order chi connectivity index (χ0) is 24.8. The summed E-state index contributed by atoms with van der Waals surface area (Å²) in [6.45, 7) is 6.50. The Hall–Kier alpha value is -2.39. The highest BCUT2D eigenvalue weighted by molar-refractivity contribution is 5.99. The molecule has 4 aliphatic rings. The number of nitrogens with one attached hydrogen (secondary N) is 2. The van der Waals surface area contributed by atoms with Crippen molar-refractivity contribution in [3.05, 3.63) is 17.8 Å². The SMILES string of the molecule is CNC(=O)C(C)(C)/C=C/n1ncc(C(=O)N[C@@H]2CCC3CC4C2C[C@]4(CO)C3)c1N1CCOCC1. The Labute approximate surface area is 207 Å². The standard InChI is InChI=1S/C26H39N5O4/c1-25(2,24(34)27-3)6-7-31-23(30-8-10-35-11-9-30)19(15-28-31)22(33)29-21-5-4-17-12-20-18(21)14-26(20,13-17)16-32/h6-7,15,17-18,20-21,32H,4-5,8-14,16H2,1-3H3,(H,27,34)(H,29,33)/b7-6+/t17?,18?,20?,21-,26+/m1/s1. The summed E-state index contributed by atoms with van der Waals surface area (Å²) in [4.78, 5) is 28.0. The van der Waals surface area contributed by atoms with E-state index in [1.807, 2.05) is 19.9 Å². The molecule has 2 heterocycles. The number of morpholine rings is 1. The number of aromatic nitrogens is 2. The average Bonchev–Trinajstić information content (AvgIpc) is 3.35. The van der Waals surface area contributed by atoms with Crippen LogP contribution in [0.1, 0.15) is 56.3 Å². The van der Waals surface area contributed by atoms with E-state index in [0.29, 0.717) is 49.6 Å². The fraction of sp³-hybridized carbons (Fsp3) is 0.731. The number of carbonyl (C=O) groups is 2. The maximum Gasteiger partial charge on any atom is 0.256 e. The molecule has 4 fully saturated rings. The summed E-state index contributed by atoms with van der Waals surface area (Å²) >= 11 is 0. The van der Waals surface area contributed by atoms with Gasteiger partial charge in [-0.1, -0.05) is 6.08 Å². The molecule has 192 valence electrons. The molecule has 5 rings (SSSR count). The lowest BCUT2D eigenvalue weighted by Gasteiger charge is -2.54. The van der Waals surface area contributed by atoms with Crippen molar-refractivity contribution in [2.75, 3.05) is 44.9 Å². The first-order valence-corrected chi connectivity index (χ1v) is 13.0. The van der Waals surface area contributed by atoms with E-state index in [2.05, 4.69) is 20.6 Å². The molecule has 0 aromatic carbocycles. The molecule has 35 heavy (non-hydrogen) atoms. The lowest BCUT2D eigenvalue weighted by molar-refractivity contribution is -0.126. The number of hydrogen-bond acceptors (Lipinski definition) is 6. The Balaban J connectivity index is 1.38. The highest BCUT2D eigenvalue weighted by atomic mass is 16.5. The van der Waals surface area contributed by atoms with Gasteiger partial charge in [0.1, 0.15) is 11.4 Å². The van der Waals surface area contributed by atoms with Crippen LogP contribution in [0.3, 0.4) is 0 Å². The first-order valence-electron chi connectivity index (χ1n) is 13.0. The van der Waals surface area contributed by atoms with Crippen LogP contribution in [-0.2, 0) is 9.53 Å². The molecule has 1 saturated heterocycles. The maximum absolute atomic E-state index is 13.6. The first-order chi connectivity index (χ1) is 16.8. The zero-order valence-electron chi connectivity index (χ0n) is 21.1. The first kappa shape index (κ1) is 24.3. The number of amides is 2. The molecule has 3 unspecified atom stereocenters. The van der Waals surface area contributed by atoms with Gasteiger partial charge in [-0.2, -0.15) is 5.10 Å². The van der Waals surface area contributed by atoms with Gasteiger partial charge in [-0.05, 0) is 69.1 Å². The summed E-state index contributed by atoms with van der Waals surface area (Å²) in [5, 5.41) is 20.6.